The zero-order valence-electron chi connectivity index (χ0n) is 11.9. The first-order chi connectivity index (χ1) is 9.07. The lowest BCUT2D eigenvalue weighted by Gasteiger charge is -2.40. The average molecular weight is 253 g/mol. The van der Waals surface area contributed by atoms with E-state index < -0.39 is 0 Å². The van der Waals surface area contributed by atoms with E-state index in [0.29, 0.717) is 0 Å². The van der Waals surface area contributed by atoms with Crippen molar-refractivity contribution in [2.45, 2.75) is 38.6 Å². The Morgan fingerprint density at radius 2 is 1.58 bits per heavy atom. The molecule has 2 aromatic carbocycles. The van der Waals surface area contributed by atoms with Crippen LogP contribution in [0.5, 0.6) is 0 Å². The third kappa shape index (κ3) is 2.40. The summed E-state index contributed by atoms with van der Waals surface area (Å²) in [6, 6.07) is 15.3. The minimum atomic E-state index is -0.138. The lowest BCUT2D eigenvalue weighted by molar-refractivity contribution is 0.184. The third-order valence-corrected chi connectivity index (χ3v) is 4.55. The van der Waals surface area contributed by atoms with Crippen molar-refractivity contribution >= 4 is 10.8 Å². The standard InChI is InChI=1S/C18H23N/c1-13-9-14(2)12-18(19,11-13)17-8-7-15-5-3-4-6-16(15)10-17/h3-8,10,13-14H,9,11-12,19H2,1-2H3. The van der Waals surface area contributed by atoms with Gasteiger partial charge in [-0.3, -0.25) is 0 Å². The molecule has 0 amide bonds. The number of benzene rings is 2. The van der Waals surface area contributed by atoms with Crippen LogP contribution in [0.4, 0.5) is 0 Å². The summed E-state index contributed by atoms with van der Waals surface area (Å²) in [5.74, 6) is 1.44. The van der Waals surface area contributed by atoms with Crippen LogP contribution in [-0.4, -0.2) is 0 Å². The van der Waals surface area contributed by atoms with Gasteiger partial charge >= 0.3 is 0 Å². The van der Waals surface area contributed by atoms with E-state index in [1.165, 1.54) is 22.8 Å². The summed E-state index contributed by atoms with van der Waals surface area (Å²) in [6.45, 7) is 4.66. The minimum absolute atomic E-state index is 0.138. The Hall–Kier alpha value is -1.34. The van der Waals surface area contributed by atoms with Crippen LogP contribution in [0.15, 0.2) is 42.5 Å². The fraction of sp³-hybridized carbons (Fsp3) is 0.444. The van der Waals surface area contributed by atoms with Crippen LogP contribution in [0, 0.1) is 11.8 Å². The monoisotopic (exact) mass is 253 g/mol. The number of hydrogen-bond donors (Lipinski definition) is 1. The molecule has 2 N–H and O–H groups in total. The molecule has 1 heteroatoms. The highest BCUT2D eigenvalue weighted by Gasteiger charge is 2.35. The first-order valence-corrected chi connectivity index (χ1v) is 7.35. The maximum atomic E-state index is 6.75. The molecular weight excluding hydrogens is 230 g/mol. The summed E-state index contributed by atoms with van der Waals surface area (Å²) in [5.41, 5.74) is 7.92. The van der Waals surface area contributed by atoms with Crippen molar-refractivity contribution in [3.8, 4) is 0 Å². The van der Waals surface area contributed by atoms with Crippen molar-refractivity contribution in [3.63, 3.8) is 0 Å². The number of hydrogen-bond acceptors (Lipinski definition) is 1. The van der Waals surface area contributed by atoms with E-state index in [4.69, 9.17) is 5.73 Å². The van der Waals surface area contributed by atoms with E-state index in [1.54, 1.807) is 0 Å². The molecule has 1 aliphatic carbocycles. The molecule has 1 fully saturated rings. The Balaban J connectivity index is 2.02. The van der Waals surface area contributed by atoms with Crippen LogP contribution in [0.2, 0.25) is 0 Å². The molecule has 2 unspecified atom stereocenters. The van der Waals surface area contributed by atoms with Crippen molar-refractivity contribution in [2.75, 3.05) is 0 Å². The summed E-state index contributed by atoms with van der Waals surface area (Å²) in [6.07, 6.45) is 3.53. The van der Waals surface area contributed by atoms with Gasteiger partial charge in [-0.2, -0.15) is 0 Å². The van der Waals surface area contributed by atoms with Crippen LogP contribution < -0.4 is 5.73 Å². The Morgan fingerprint density at radius 3 is 2.26 bits per heavy atom. The summed E-state index contributed by atoms with van der Waals surface area (Å²) >= 11 is 0. The molecule has 3 rings (SSSR count). The van der Waals surface area contributed by atoms with Gasteiger partial charge in [-0.05, 0) is 53.5 Å². The van der Waals surface area contributed by atoms with E-state index in [-0.39, 0.29) is 5.54 Å². The van der Waals surface area contributed by atoms with E-state index in [2.05, 4.69) is 56.3 Å². The van der Waals surface area contributed by atoms with Crippen molar-refractivity contribution < 1.29 is 0 Å². The van der Waals surface area contributed by atoms with E-state index in [9.17, 15) is 0 Å². The molecule has 100 valence electrons. The normalized spacial score (nSPS) is 31.5. The molecule has 0 heterocycles. The first kappa shape index (κ1) is 12.7. The first-order valence-electron chi connectivity index (χ1n) is 7.35. The molecule has 1 nitrogen and oxygen atoms in total. The highest BCUT2D eigenvalue weighted by Crippen LogP contribution is 2.41. The van der Waals surface area contributed by atoms with Gasteiger partial charge in [0.15, 0.2) is 0 Å². The van der Waals surface area contributed by atoms with Crippen LogP contribution in [0.25, 0.3) is 10.8 Å². The lowest BCUT2D eigenvalue weighted by Crippen LogP contribution is -2.43. The molecule has 0 saturated heterocycles. The predicted molar refractivity (Wildman–Crippen MR) is 82.0 cm³/mol. The Labute approximate surface area is 115 Å². The molecule has 2 aromatic rings. The topological polar surface area (TPSA) is 26.0 Å². The third-order valence-electron chi connectivity index (χ3n) is 4.55. The van der Waals surface area contributed by atoms with Gasteiger partial charge in [0.25, 0.3) is 0 Å². The van der Waals surface area contributed by atoms with Gasteiger partial charge in [0.1, 0.15) is 0 Å². The zero-order chi connectivity index (χ0) is 13.5. The fourth-order valence-electron chi connectivity index (χ4n) is 3.92. The lowest BCUT2D eigenvalue weighted by atomic mass is 9.69. The summed E-state index contributed by atoms with van der Waals surface area (Å²) < 4.78 is 0. The summed E-state index contributed by atoms with van der Waals surface area (Å²) in [7, 11) is 0. The smallest absolute Gasteiger partial charge is 0.0414 e. The largest absolute Gasteiger partial charge is 0.321 e. The second-order valence-corrected chi connectivity index (χ2v) is 6.57. The fourth-order valence-corrected chi connectivity index (χ4v) is 3.92. The molecule has 2 atom stereocenters. The Kier molecular flexibility index (Phi) is 3.10. The zero-order valence-corrected chi connectivity index (χ0v) is 11.9. The molecule has 19 heavy (non-hydrogen) atoms. The number of fused-ring (bicyclic) bond motifs is 1. The Bertz CT molecular complexity index is 577. The molecule has 0 bridgehead atoms. The molecule has 0 radical (unpaired) electrons. The minimum Gasteiger partial charge on any atom is -0.321 e. The molecule has 0 aliphatic heterocycles. The SMILES string of the molecule is CC1CC(C)CC(N)(c2ccc3ccccc3c2)C1. The molecule has 0 aromatic heterocycles. The second-order valence-electron chi connectivity index (χ2n) is 6.57. The van der Waals surface area contributed by atoms with Crippen LogP contribution in [0.1, 0.15) is 38.7 Å². The van der Waals surface area contributed by atoms with Crippen molar-refractivity contribution in [2.24, 2.45) is 17.6 Å². The predicted octanol–water partition coefficient (Wildman–Crippen LogP) is 4.45. The van der Waals surface area contributed by atoms with E-state index in [1.807, 2.05) is 0 Å². The van der Waals surface area contributed by atoms with Crippen LogP contribution in [0.3, 0.4) is 0 Å². The van der Waals surface area contributed by atoms with Crippen molar-refractivity contribution in [1.29, 1.82) is 0 Å². The van der Waals surface area contributed by atoms with Crippen molar-refractivity contribution in [3.05, 3.63) is 48.0 Å². The van der Waals surface area contributed by atoms with Gasteiger partial charge in [0.05, 0.1) is 0 Å². The van der Waals surface area contributed by atoms with E-state index in [0.717, 1.165) is 24.7 Å². The summed E-state index contributed by atoms with van der Waals surface area (Å²) in [4.78, 5) is 0. The van der Waals surface area contributed by atoms with Gasteiger partial charge in [0.2, 0.25) is 0 Å². The average Bonchev–Trinajstić information content (AvgIpc) is 2.36. The number of rotatable bonds is 1. The molecular formula is C18H23N. The highest BCUT2D eigenvalue weighted by molar-refractivity contribution is 5.83. The molecule has 0 spiro atoms. The summed E-state index contributed by atoms with van der Waals surface area (Å²) in [5, 5.41) is 2.60. The quantitative estimate of drug-likeness (QED) is 0.798. The van der Waals surface area contributed by atoms with Crippen molar-refractivity contribution in [1.82, 2.24) is 0 Å². The highest BCUT2D eigenvalue weighted by atomic mass is 14.8. The van der Waals surface area contributed by atoms with Crippen LogP contribution >= 0.6 is 0 Å². The van der Waals surface area contributed by atoms with Crippen LogP contribution in [-0.2, 0) is 5.54 Å². The van der Waals surface area contributed by atoms with Gasteiger partial charge < -0.3 is 5.73 Å². The second kappa shape index (κ2) is 4.64. The van der Waals surface area contributed by atoms with Gasteiger partial charge in [0, 0.05) is 5.54 Å². The maximum absolute atomic E-state index is 6.75. The Morgan fingerprint density at radius 1 is 0.947 bits per heavy atom. The number of nitrogens with two attached hydrogens (primary N) is 1. The van der Waals surface area contributed by atoms with Gasteiger partial charge in [-0.15, -0.1) is 0 Å². The van der Waals surface area contributed by atoms with Gasteiger partial charge in [-0.25, -0.2) is 0 Å². The van der Waals surface area contributed by atoms with Gasteiger partial charge in [-0.1, -0.05) is 50.2 Å². The maximum Gasteiger partial charge on any atom is 0.0414 e. The van der Waals surface area contributed by atoms with E-state index >= 15 is 0 Å². The molecule has 1 saturated carbocycles. The molecule has 1 aliphatic rings.